The van der Waals surface area contributed by atoms with Gasteiger partial charge in [-0.25, -0.2) is 18.2 Å². The number of amides is 1. The molecule has 2 heterocycles. The van der Waals surface area contributed by atoms with Crippen LogP contribution in [0.15, 0.2) is 33.5 Å². The van der Waals surface area contributed by atoms with E-state index >= 15 is 0 Å². The van der Waals surface area contributed by atoms with E-state index in [1.807, 2.05) is 0 Å². The maximum atomic E-state index is 12.4. The predicted molar refractivity (Wildman–Crippen MR) is 142 cm³/mol. The lowest BCUT2D eigenvalue weighted by molar-refractivity contribution is -0.192. The predicted octanol–water partition coefficient (Wildman–Crippen LogP) is 2.55. The zero-order chi connectivity index (χ0) is 29.2. The molecule has 39 heavy (non-hydrogen) atoms. The molecule has 216 valence electrons. The number of aliphatic imine (C=N–C) groups is 1. The fourth-order valence-corrected chi connectivity index (χ4v) is 6.20. The quantitative estimate of drug-likeness (QED) is 0.339. The first-order valence-electron chi connectivity index (χ1n) is 12.0. The molecule has 0 atom stereocenters. The molecule has 10 nitrogen and oxygen atoms in total. The van der Waals surface area contributed by atoms with Gasteiger partial charge in [0.05, 0.1) is 17.2 Å². The summed E-state index contributed by atoms with van der Waals surface area (Å²) in [5, 5.41) is 14.1. The molecule has 0 bridgehead atoms. The van der Waals surface area contributed by atoms with E-state index in [0.29, 0.717) is 35.8 Å². The van der Waals surface area contributed by atoms with Gasteiger partial charge in [-0.1, -0.05) is 24.3 Å². The van der Waals surface area contributed by atoms with Crippen molar-refractivity contribution < 1.29 is 36.3 Å². The molecule has 1 aliphatic heterocycles. The lowest BCUT2D eigenvalue weighted by Gasteiger charge is -2.17. The molecular formula is C24H32F3N5O5S2. The van der Waals surface area contributed by atoms with E-state index in [1.54, 1.807) is 25.8 Å². The lowest BCUT2D eigenvalue weighted by Crippen LogP contribution is -2.30. The SMILES string of the molecule is Cc1nc(C)c(S(=O)(=O)CNCCCC(=O)N(C)CCc2ccc(C3=NCCN3)cc2)s1.O=C(O)C(F)(F)F. The Morgan fingerprint density at radius 3 is 2.36 bits per heavy atom. The molecule has 2 aromatic rings. The highest BCUT2D eigenvalue weighted by Gasteiger charge is 2.38. The number of halogens is 3. The molecule has 0 unspecified atom stereocenters. The monoisotopic (exact) mass is 591 g/mol. The summed E-state index contributed by atoms with van der Waals surface area (Å²) in [4.78, 5) is 31.6. The fourth-order valence-electron chi connectivity index (χ4n) is 3.47. The Labute approximate surface area is 229 Å². The number of carboxylic acid groups (broad SMARTS) is 1. The number of thiazole rings is 1. The van der Waals surface area contributed by atoms with E-state index in [1.165, 1.54) is 16.9 Å². The molecule has 1 amide bonds. The van der Waals surface area contributed by atoms with Gasteiger partial charge in [0.1, 0.15) is 15.9 Å². The second-order valence-electron chi connectivity index (χ2n) is 8.69. The van der Waals surface area contributed by atoms with Gasteiger partial charge >= 0.3 is 12.1 Å². The standard InChI is InChI=1S/C22H31N5O3S2.C2HF3O2/c1-16-22(31-17(2)26-16)32(29,30)15-23-11-4-5-20(28)27(3)14-10-18-6-8-19(9-7-18)21-24-12-13-25-21;3-2(4,5)1(6)7/h6-9,23H,4-5,10-15H2,1-3H3,(H,24,25);(H,6,7). The first-order valence-corrected chi connectivity index (χ1v) is 14.5. The van der Waals surface area contributed by atoms with Gasteiger partial charge in [-0.2, -0.15) is 13.2 Å². The third-order valence-electron chi connectivity index (χ3n) is 5.49. The van der Waals surface area contributed by atoms with Crippen molar-refractivity contribution in [1.82, 2.24) is 20.5 Å². The summed E-state index contributed by atoms with van der Waals surface area (Å²) in [6.07, 6.45) is -3.33. The smallest absolute Gasteiger partial charge is 0.475 e. The van der Waals surface area contributed by atoms with Gasteiger partial charge in [-0.3, -0.25) is 9.79 Å². The van der Waals surface area contributed by atoms with E-state index < -0.39 is 22.0 Å². The molecule has 1 aromatic carbocycles. The van der Waals surface area contributed by atoms with Crippen molar-refractivity contribution in [3.8, 4) is 0 Å². The van der Waals surface area contributed by atoms with Crippen LogP contribution in [0.5, 0.6) is 0 Å². The molecule has 0 saturated heterocycles. The number of aromatic nitrogens is 1. The number of likely N-dealkylation sites (N-methyl/N-ethyl adjacent to an activating group) is 1. The number of carboxylic acids is 1. The van der Waals surface area contributed by atoms with Gasteiger partial charge in [0.25, 0.3) is 0 Å². The Kier molecular flexibility index (Phi) is 11.9. The topological polar surface area (TPSA) is 141 Å². The highest BCUT2D eigenvalue weighted by atomic mass is 32.2. The van der Waals surface area contributed by atoms with Crippen LogP contribution in [0.3, 0.4) is 0 Å². The van der Waals surface area contributed by atoms with E-state index in [0.717, 1.165) is 35.9 Å². The third-order valence-corrected chi connectivity index (χ3v) is 8.81. The van der Waals surface area contributed by atoms with Crippen molar-refractivity contribution >= 4 is 38.9 Å². The average molecular weight is 592 g/mol. The Bertz CT molecular complexity index is 1260. The Morgan fingerprint density at radius 2 is 1.85 bits per heavy atom. The Hall–Kier alpha value is -3.04. The molecule has 3 rings (SSSR count). The zero-order valence-electron chi connectivity index (χ0n) is 21.8. The van der Waals surface area contributed by atoms with E-state index in [9.17, 15) is 26.4 Å². The number of alkyl halides is 3. The van der Waals surface area contributed by atoms with Crippen molar-refractivity contribution in [1.29, 1.82) is 0 Å². The Morgan fingerprint density at radius 1 is 1.21 bits per heavy atom. The van der Waals surface area contributed by atoms with Crippen LogP contribution in [-0.2, 0) is 25.8 Å². The summed E-state index contributed by atoms with van der Waals surface area (Å²) in [6.45, 7) is 6.32. The molecule has 0 saturated carbocycles. The van der Waals surface area contributed by atoms with Gasteiger partial charge in [-0.15, -0.1) is 11.3 Å². The zero-order valence-corrected chi connectivity index (χ0v) is 23.5. The number of hydrogen-bond donors (Lipinski definition) is 3. The molecular weight excluding hydrogens is 559 g/mol. The molecule has 3 N–H and O–H groups in total. The largest absolute Gasteiger partial charge is 0.490 e. The first-order chi connectivity index (χ1) is 18.2. The van der Waals surface area contributed by atoms with Gasteiger partial charge in [0.15, 0.2) is 0 Å². The highest BCUT2D eigenvalue weighted by molar-refractivity contribution is 7.93. The number of aryl methyl sites for hydroxylation is 2. The second-order valence-corrected chi connectivity index (χ2v) is 12.1. The maximum absolute atomic E-state index is 12.4. The second kappa shape index (κ2) is 14.4. The number of nitrogens with one attached hydrogen (secondary N) is 2. The van der Waals surface area contributed by atoms with Crippen molar-refractivity contribution in [2.24, 2.45) is 4.99 Å². The minimum absolute atomic E-state index is 0.0599. The molecule has 0 aliphatic carbocycles. The van der Waals surface area contributed by atoms with Crippen molar-refractivity contribution in [3.05, 3.63) is 46.1 Å². The van der Waals surface area contributed by atoms with Gasteiger partial charge in [0.2, 0.25) is 15.7 Å². The van der Waals surface area contributed by atoms with Crippen LogP contribution >= 0.6 is 11.3 Å². The maximum Gasteiger partial charge on any atom is 0.490 e. The van der Waals surface area contributed by atoms with Crippen LogP contribution in [0.1, 0.15) is 34.7 Å². The van der Waals surface area contributed by atoms with Crippen LogP contribution in [-0.4, -0.2) is 86.4 Å². The minimum atomic E-state index is -5.08. The van der Waals surface area contributed by atoms with Crippen molar-refractivity contribution in [2.75, 3.05) is 39.1 Å². The number of sulfone groups is 1. The summed E-state index contributed by atoms with van der Waals surface area (Å²) >= 11 is 1.20. The normalized spacial score (nSPS) is 13.2. The molecule has 0 spiro atoms. The Balaban J connectivity index is 0.000000673. The van der Waals surface area contributed by atoms with E-state index in [-0.39, 0.29) is 11.8 Å². The fraction of sp³-hybridized carbons (Fsp3) is 0.500. The van der Waals surface area contributed by atoms with Gasteiger partial charge in [-0.05, 0) is 38.8 Å². The summed E-state index contributed by atoms with van der Waals surface area (Å²) in [5.74, 6) is -1.89. The number of benzene rings is 1. The van der Waals surface area contributed by atoms with Crippen LogP contribution in [0.2, 0.25) is 0 Å². The number of hydrogen-bond acceptors (Lipinski definition) is 9. The minimum Gasteiger partial charge on any atom is -0.475 e. The van der Waals surface area contributed by atoms with Crippen LogP contribution in [0, 0.1) is 13.8 Å². The van der Waals surface area contributed by atoms with Gasteiger partial charge in [0, 0.05) is 32.1 Å². The number of nitrogens with zero attached hydrogens (tertiary/aromatic N) is 3. The highest BCUT2D eigenvalue weighted by Crippen LogP contribution is 2.23. The third kappa shape index (κ3) is 10.6. The molecule has 1 aliphatic rings. The van der Waals surface area contributed by atoms with Crippen LogP contribution in [0.4, 0.5) is 13.2 Å². The number of amidine groups is 1. The van der Waals surface area contributed by atoms with E-state index in [2.05, 4.69) is 44.9 Å². The summed E-state index contributed by atoms with van der Waals surface area (Å²) in [6, 6.07) is 8.27. The van der Waals surface area contributed by atoms with Crippen LogP contribution < -0.4 is 10.6 Å². The lowest BCUT2D eigenvalue weighted by atomic mass is 10.1. The molecule has 15 heteroatoms. The van der Waals surface area contributed by atoms with Gasteiger partial charge < -0.3 is 20.6 Å². The summed E-state index contributed by atoms with van der Waals surface area (Å²) in [5.41, 5.74) is 2.81. The van der Waals surface area contributed by atoms with Crippen molar-refractivity contribution in [2.45, 2.75) is 43.5 Å². The van der Waals surface area contributed by atoms with Crippen molar-refractivity contribution in [3.63, 3.8) is 0 Å². The average Bonchev–Trinajstić information content (AvgIpc) is 3.52. The summed E-state index contributed by atoms with van der Waals surface area (Å²) < 4.78 is 56.9. The number of carbonyl (C=O) groups is 2. The molecule has 0 fully saturated rings. The number of carbonyl (C=O) groups excluding carboxylic acids is 1. The molecule has 1 aromatic heterocycles. The first kappa shape index (κ1) is 32.2. The van der Waals surface area contributed by atoms with Crippen LogP contribution in [0.25, 0.3) is 0 Å². The molecule has 0 radical (unpaired) electrons. The number of aliphatic carboxylic acids is 1. The number of rotatable bonds is 11. The summed E-state index contributed by atoms with van der Waals surface area (Å²) in [7, 11) is -1.59. The van der Waals surface area contributed by atoms with E-state index in [4.69, 9.17) is 9.90 Å².